The van der Waals surface area contributed by atoms with E-state index in [-0.39, 0.29) is 11.2 Å². The number of thioether (sulfide) groups is 1. The summed E-state index contributed by atoms with van der Waals surface area (Å²) in [6, 6.07) is 18.2. The molecule has 0 aliphatic carbocycles. The summed E-state index contributed by atoms with van der Waals surface area (Å²) in [4.78, 5) is 17.1. The third-order valence-corrected chi connectivity index (χ3v) is 6.04. The van der Waals surface area contributed by atoms with Crippen LogP contribution in [-0.2, 0) is 4.79 Å². The Labute approximate surface area is 174 Å². The summed E-state index contributed by atoms with van der Waals surface area (Å²) in [6.07, 6.45) is 0. The van der Waals surface area contributed by atoms with Gasteiger partial charge in [0.15, 0.2) is 0 Å². The van der Waals surface area contributed by atoms with Crippen molar-refractivity contribution in [2.24, 2.45) is 0 Å². The molecule has 1 amide bonds. The molecule has 1 atom stereocenters. The Morgan fingerprint density at radius 3 is 2.41 bits per heavy atom. The number of amides is 1. The second kappa shape index (κ2) is 8.69. The number of rotatable bonds is 5. The fourth-order valence-electron chi connectivity index (χ4n) is 3.46. The summed E-state index contributed by atoms with van der Waals surface area (Å²) in [5.74, 6) is 0.597. The van der Waals surface area contributed by atoms with Gasteiger partial charge >= 0.3 is 0 Å². The first-order chi connectivity index (χ1) is 14.1. The van der Waals surface area contributed by atoms with Crippen LogP contribution in [-0.4, -0.2) is 52.4 Å². The van der Waals surface area contributed by atoms with Gasteiger partial charge in [-0.15, -0.1) is 10.2 Å². The summed E-state index contributed by atoms with van der Waals surface area (Å²) < 4.78 is 5.80. The predicted molar refractivity (Wildman–Crippen MR) is 115 cm³/mol. The largest absolute Gasteiger partial charge is 0.411 e. The quantitative estimate of drug-likeness (QED) is 0.597. The minimum absolute atomic E-state index is 0.110. The van der Waals surface area contributed by atoms with Gasteiger partial charge in [-0.3, -0.25) is 4.79 Å². The van der Waals surface area contributed by atoms with Crippen LogP contribution in [0.2, 0.25) is 0 Å². The van der Waals surface area contributed by atoms with Crippen molar-refractivity contribution in [3.05, 3.63) is 60.2 Å². The second-order valence-electron chi connectivity index (χ2n) is 7.10. The molecule has 2 heterocycles. The van der Waals surface area contributed by atoms with Crippen molar-refractivity contribution in [3.63, 3.8) is 0 Å². The molecule has 4 rings (SSSR count). The maximum atomic E-state index is 12.9. The smallest absolute Gasteiger partial charge is 0.277 e. The summed E-state index contributed by atoms with van der Waals surface area (Å²) >= 11 is 1.32. The predicted octanol–water partition coefficient (Wildman–Crippen LogP) is 3.87. The Balaban J connectivity index is 1.34. The first kappa shape index (κ1) is 19.5. The number of hydrogen-bond acceptors (Lipinski definition) is 6. The van der Waals surface area contributed by atoms with Gasteiger partial charge < -0.3 is 14.2 Å². The Hall–Kier alpha value is -2.80. The van der Waals surface area contributed by atoms with Crippen molar-refractivity contribution >= 4 is 23.4 Å². The van der Waals surface area contributed by atoms with Crippen LogP contribution in [0.25, 0.3) is 11.5 Å². The van der Waals surface area contributed by atoms with Crippen molar-refractivity contribution in [3.8, 4) is 11.5 Å². The minimum Gasteiger partial charge on any atom is -0.411 e. The molecule has 0 saturated carbocycles. The Morgan fingerprint density at radius 2 is 1.69 bits per heavy atom. The van der Waals surface area contributed by atoms with Crippen LogP contribution in [0, 0.1) is 6.92 Å². The molecular weight excluding hydrogens is 384 g/mol. The van der Waals surface area contributed by atoms with E-state index in [0.717, 1.165) is 37.3 Å². The minimum atomic E-state index is -0.275. The number of benzene rings is 2. The lowest BCUT2D eigenvalue weighted by atomic mass is 10.1. The molecule has 3 aromatic rings. The molecule has 1 aliphatic rings. The summed E-state index contributed by atoms with van der Waals surface area (Å²) in [5.41, 5.74) is 3.20. The fraction of sp³-hybridized carbons (Fsp3) is 0.318. The standard InChI is InChI=1S/C22H24N4O2S/c1-16-8-6-7-11-19(16)20-23-24-22(28-20)29-17(2)21(27)26-14-12-25(13-15-26)18-9-4-3-5-10-18/h3-11,17H,12-15H2,1-2H3/t17-/m1/s1. The van der Waals surface area contributed by atoms with Crippen LogP contribution in [0.1, 0.15) is 12.5 Å². The van der Waals surface area contributed by atoms with Gasteiger partial charge in [0.05, 0.1) is 5.25 Å². The number of hydrogen-bond donors (Lipinski definition) is 0. The molecule has 0 spiro atoms. The maximum absolute atomic E-state index is 12.9. The number of piperazine rings is 1. The number of anilines is 1. The highest BCUT2D eigenvalue weighted by atomic mass is 32.2. The molecule has 1 aromatic heterocycles. The third kappa shape index (κ3) is 4.45. The van der Waals surface area contributed by atoms with Crippen molar-refractivity contribution in [1.82, 2.24) is 15.1 Å². The van der Waals surface area contributed by atoms with E-state index in [1.54, 1.807) is 0 Å². The molecule has 0 bridgehead atoms. The highest BCUT2D eigenvalue weighted by molar-refractivity contribution is 8.00. The molecule has 1 aliphatic heterocycles. The molecule has 6 nitrogen and oxygen atoms in total. The lowest BCUT2D eigenvalue weighted by Gasteiger charge is -2.37. The number of para-hydroxylation sites is 1. The SMILES string of the molecule is Cc1ccccc1-c1nnc(S[C@H](C)C(=O)N2CCN(c3ccccc3)CC2)o1. The lowest BCUT2D eigenvalue weighted by Crippen LogP contribution is -2.50. The van der Waals surface area contributed by atoms with Gasteiger partial charge in [-0.1, -0.05) is 48.2 Å². The maximum Gasteiger partial charge on any atom is 0.277 e. The van der Waals surface area contributed by atoms with E-state index in [2.05, 4.69) is 27.2 Å². The van der Waals surface area contributed by atoms with Gasteiger partial charge in [0, 0.05) is 37.4 Å². The van der Waals surface area contributed by atoms with E-state index in [0.29, 0.717) is 11.1 Å². The molecule has 0 N–H and O–H groups in total. The van der Waals surface area contributed by atoms with E-state index >= 15 is 0 Å². The highest BCUT2D eigenvalue weighted by Crippen LogP contribution is 2.28. The zero-order valence-electron chi connectivity index (χ0n) is 16.6. The van der Waals surface area contributed by atoms with Crippen LogP contribution in [0.3, 0.4) is 0 Å². The average molecular weight is 409 g/mol. The van der Waals surface area contributed by atoms with E-state index < -0.39 is 0 Å². The molecule has 0 radical (unpaired) electrons. The molecular formula is C22H24N4O2S. The van der Waals surface area contributed by atoms with Crippen molar-refractivity contribution in [2.45, 2.75) is 24.3 Å². The number of carbonyl (C=O) groups is 1. The van der Waals surface area contributed by atoms with Crippen LogP contribution in [0.15, 0.2) is 64.2 Å². The van der Waals surface area contributed by atoms with Gasteiger partial charge in [-0.05, 0) is 37.6 Å². The molecule has 0 unspecified atom stereocenters. The molecule has 7 heteroatoms. The van der Waals surface area contributed by atoms with Gasteiger partial charge in [0.2, 0.25) is 11.8 Å². The monoisotopic (exact) mass is 408 g/mol. The van der Waals surface area contributed by atoms with Gasteiger partial charge in [-0.25, -0.2) is 0 Å². The van der Waals surface area contributed by atoms with Crippen LogP contribution >= 0.6 is 11.8 Å². The van der Waals surface area contributed by atoms with Gasteiger partial charge in [0.1, 0.15) is 0 Å². The Bertz CT molecular complexity index is 968. The van der Waals surface area contributed by atoms with E-state index in [9.17, 15) is 4.79 Å². The number of aromatic nitrogens is 2. The highest BCUT2D eigenvalue weighted by Gasteiger charge is 2.27. The van der Waals surface area contributed by atoms with E-state index in [1.807, 2.05) is 61.2 Å². The third-order valence-electron chi connectivity index (χ3n) is 5.12. The van der Waals surface area contributed by atoms with Crippen molar-refractivity contribution in [1.29, 1.82) is 0 Å². The summed E-state index contributed by atoms with van der Waals surface area (Å²) in [6.45, 7) is 7.02. The van der Waals surface area contributed by atoms with Gasteiger partial charge in [-0.2, -0.15) is 0 Å². The number of aryl methyl sites for hydroxylation is 1. The molecule has 1 fully saturated rings. The zero-order valence-corrected chi connectivity index (χ0v) is 17.4. The Morgan fingerprint density at radius 1 is 1.00 bits per heavy atom. The van der Waals surface area contributed by atoms with Gasteiger partial charge in [0.25, 0.3) is 5.22 Å². The van der Waals surface area contributed by atoms with Crippen LogP contribution in [0.5, 0.6) is 0 Å². The van der Waals surface area contributed by atoms with E-state index in [4.69, 9.17) is 4.42 Å². The van der Waals surface area contributed by atoms with Crippen LogP contribution < -0.4 is 4.90 Å². The number of nitrogens with zero attached hydrogens (tertiary/aromatic N) is 4. The first-order valence-electron chi connectivity index (χ1n) is 9.77. The number of carbonyl (C=O) groups excluding carboxylic acids is 1. The van der Waals surface area contributed by atoms with Crippen LogP contribution in [0.4, 0.5) is 5.69 Å². The second-order valence-corrected chi connectivity index (χ2v) is 8.39. The Kier molecular flexibility index (Phi) is 5.85. The topological polar surface area (TPSA) is 62.5 Å². The normalized spacial score (nSPS) is 15.4. The summed E-state index contributed by atoms with van der Waals surface area (Å²) in [5, 5.41) is 8.42. The van der Waals surface area contributed by atoms with E-state index in [1.165, 1.54) is 17.4 Å². The van der Waals surface area contributed by atoms with Crippen molar-refractivity contribution < 1.29 is 9.21 Å². The van der Waals surface area contributed by atoms with Crippen molar-refractivity contribution in [2.75, 3.05) is 31.1 Å². The zero-order chi connectivity index (χ0) is 20.2. The molecule has 2 aromatic carbocycles. The lowest BCUT2D eigenvalue weighted by molar-refractivity contribution is -0.130. The summed E-state index contributed by atoms with van der Waals surface area (Å²) in [7, 11) is 0. The molecule has 1 saturated heterocycles. The first-order valence-corrected chi connectivity index (χ1v) is 10.6. The molecule has 150 valence electrons. The molecule has 29 heavy (non-hydrogen) atoms. The average Bonchev–Trinajstić information content (AvgIpc) is 3.22. The fourth-order valence-corrected chi connectivity index (χ4v) is 4.23.